The van der Waals surface area contributed by atoms with Crippen LogP contribution in [0.1, 0.15) is 25.1 Å². The van der Waals surface area contributed by atoms with Crippen molar-refractivity contribution in [2.75, 3.05) is 11.9 Å². The normalized spacial score (nSPS) is 11.5. The van der Waals surface area contributed by atoms with E-state index in [2.05, 4.69) is 10.3 Å². The van der Waals surface area contributed by atoms with Gasteiger partial charge < -0.3 is 5.32 Å². The molecule has 0 aromatic carbocycles. The van der Waals surface area contributed by atoms with Crippen LogP contribution in [-0.4, -0.2) is 11.5 Å². The summed E-state index contributed by atoms with van der Waals surface area (Å²) in [5, 5.41) is 20.3. The van der Waals surface area contributed by atoms with Crippen molar-refractivity contribution in [3.8, 4) is 12.1 Å². The van der Waals surface area contributed by atoms with Gasteiger partial charge in [-0.15, -0.1) is 0 Å². The van der Waals surface area contributed by atoms with Crippen LogP contribution in [-0.2, 0) is 6.18 Å². The zero-order valence-corrected chi connectivity index (χ0v) is 10.3. The van der Waals surface area contributed by atoms with Crippen LogP contribution in [0.5, 0.6) is 0 Å². The lowest BCUT2D eigenvalue weighted by atomic mass is 9.96. The molecule has 0 spiro atoms. The predicted octanol–water partition coefficient (Wildman–Crippen LogP) is 2.93. The minimum atomic E-state index is -4.57. The van der Waals surface area contributed by atoms with Crippen LogP contribution in [0.25, 0.3) is 0 Å². The van der Waals surface area contributed by atoms with E-state index in [1.165, 1.54) is 0 Å². The van der Waals surface area contributed by atoms with E-state index in [1.54, 1.807) is 19.9 Å². The lowest BCUT2D eigenvalue weighted by Gasteiger charge is -2.17. The molecule has 0 fully saturated rings. The summed E-state index contributed by atoms with van der Waals surface area (Å²) in [7, 11) is 0. The second-order valence-corrected chi connectivity index (χ2v) is 4.55. The number of halogens is 3. The van der Waals surface area contributed by atoms with Crippen molar-refractivity contribution in [1.29, 1.82) is 10.5 Å². The zero-order chi connectivity index (χ0) is 14.7. The van der Waals surface area contributed by atoms with E-state index in [1.807, 2.05) is 6.07 Å². The first-order valence-electron chi connectivity index (χ1n) is 5.33. The standard InChI is InChI=1S/C12H11F3N4/c1-11(2,6-17)7-18-10-8(5-16)3-4-9(19-10)12(13,14)15/h3-4H,7H2,1-2H3,(H,18,19). The zero-order valence-electron chi connectivity index (χ0n) is 10.3. The maximum absolute atomic E-state index is 12.5. The molecule has 1 heterocycles. The fourth-order valence-electron chi connectivity index (χ4n) is 1.19. The van der Waals surface area contributed by atoms with Crippen LogP contribution in [0, 0.1) is 28.1 Å². The Balaban J connectivity index is 3.06. The van der Waals surface area contributed by atoms with Crippen LogP contribution >= 0.6 is 0 Å². The maximum atomic E-state index is 12.5. The molecule has 0 amide bonds. The highest BCUT2D eigenvalue weighted by Gasteiger charge is 2.33. The first-order chi connectivity index (χ1) is 8.69. The number of anilines is 1. The Morgan fingerprint density at radius 2 is 1.89 bits per heavy atom. The first-order valence-corrected chi connectivity index (χ1v) is 5.33. The molecule has 0 unspecified atom stereocenters. The third kappa shape index (κ3) is 3.85. The van der Waals surface area contributed by atoms with Crippen molar-refractivity contribution in [3.05, 3.63) is 23.4 Å². The molecule has 0 atom stereocenters. The van der Waals surface area contributed by atoms with Gasteiger partial charge in [0.1, 0.15) is 17.6 Å². The fraction of sp³-hybridized carbons (Fsp3) is 0.417. The van der Waals surface area contributed by atoms with Crippen LogP contribution in [0.3, 0.4) is 0 Å². The maximum Gasteiger partial charge on any atom is 0.433 e. The van der Waals surface area contributed by atoms with Crippen LogP contribution < -0.4 is 5.32 Å². The van der Waals surface area contributed by atoms with E-state index in [9.17, 15) is 13.2 Å². The average molecular weight is 268 g/mol. The van der Waals surface area contributed by atoms with Gasteiger partial charge in [-0.2, -0.15) is 23.7 Å². The predicted molar refractivity (Wildman–Crippen MR) is 61.8 cm³/mol. The molecule has 1 rings (SSSR count). The molecule has 1 aromatic rings. The van der Waals surface area contributed by atoms with Crippen LogP contribution in [0.4, 0.5) is 19.0 Å². The summed E-state index contributed by atoms with van der Waals surface area (Å²) in [5.41, 5.74) is -1.85. The van der Waals surface area contributed by atoms with E-state index in [0.29, 0.717) is 0 Å². The highest BCUT2D eigenvalue weighted by Crippen LogP contribution is 2.29. The molecule has 0 aliphatic heterocycles. The molecule has 4 nitrogen and oxygen atoms in total. The summed E-state index contributed by atoms with van der Waals surface area (Å²) in [6.45, 7) is 3.34. The van der Waals surface area contributed by atoms with Crippen molar-refractivity contribution < 1.29 is 13.2 Å². The van der Waals surface area contributed by atoms with E-state index >= 15 is 0 Å². The number of hydrogen-bond acceptors (Lipinski definition) is 4. The van der Waals surface area contributed by atoms with Gasteiger partial charge in [-0.1, -0.05) is 0 Å². The van der Waals surface area contributed by atoms with Crippen LogP contribution in [0.2, 0.25) is 0 Å². The van der Waals surface area contributed by atoms with Gasteiger partial charge >= 0.3 is 6.18 Å². The topological polar surface area (TPSA) is 72.5 Å². The van der Waals surface area contributed by atoms with Crippen molar-refractivity contribution in [3.63, 3.8) is 0 Å². The van der Waals surface area contributed by atoms with Gasteiger partial charge in [0, 0.05) is 6.54 Å². The number of alkyl halides is 3. The van der Waals surface area contributed by atoms with Gasteiger partial charge in [0.05, 0.1) is 17.0 Å². The highest BCUT2D eigenvalue weighted by molar-refractivity contribution is 5.52. The third-order valence-corrected chi connectivity index (χ3v) is 2.31. The minimum Gasteiger partial charge on any atom is -0.367 e. The van der Waals surface area contributed by atoms with Gasteiger partial charge in [-0.3, -0.25) is 0 Å². The summed E-state index contributed by atoms with van der Waals surface area (Å²) in [5.74, 6) is -0.166. The Morgan fingerprint density at radius 1 is 1.26 bits per heavy atom. The van der Waals surface area contributed by atoms with Gasteiger partial charge in [0.2, 0.25) is 0 Å². The summed E-state index contributed by atoms with van der Waals surface area (Å²) < 4.78 is 37.6. The van der Waals surface area contributed by atoms with Crippen molar-refractivity contribution in [1.82, 2.24) is 4.98 Å². The number of nitriles is 2. The lowest BCUT2D eigenvalue weighted by molar-refractivity contribution is -0.141. The van der Waals surface area contributed by atoms with Crippen LogP contribution in [0.15, 0.2) is 12.1 Å². The third-order valence-electron chi connectivity index (χ3n) is 2.31. The second-order valence-electron chi connectivity index (χ2n) is 4.55. The van der Waals surface area contributed by atoms with E-state index in [4.69, 9.17) is 10.5 Å². The molecule has 100 valence electrons. The van der Waals surface area contributed by atoms with Gasteiger partial charge in [-0.05, 0) is 26.0 Å². The Morgan fingerprint density at radius 3 is 2.37 bits per heavy atom. The number of nitrogens with zero attached hydrogens (tertiary/aromatic N) is 3. The Kier molecular flexibility index (Phi) is 4.01. The van der Waals surface area contributed by atoms with Crippen molar-refractivity contribution >= 4 is 5.82 Å². The number of pyridine rings is 1. The van der Waals surface area contributed by atoms with E-state index in [0.717, 1.165) is 12.1 Å². The Labute approximate surface area is 108 Å². The quantitative estimate of drug-likeness (QED) is 0.914. The summed E-state index contributed by atoms with van der Waals surface area (Å²) in [6.07, 6.45) is -4.57. The molecular formula is C12H11F3N4. The Bertz CT molecular complexity index is 550. The molecule has 0 radical (unpaired) electrons. The largest absolute Gasteiger partial charge is 0.433 e. The number of rotatable bonds is 3. The number of aromatic nitrogens is 1. The van der Waals surface area contributed by atoms with Gasteiger partial charge in [0.15, 0.2) is 0 Å². The molecular weight excluding hydrogens is 257 g/mol. The molecule has 1 N–H and O–H groups in total. The van der Waals surface area contributed by atoms with Gasteiger partial charge in [0.25, 0.3) is 0 Å². The van der Waals surface area contributed by atoms with Crippen molar-refractivity contribution in [2.24, 2.45) is 5.41 Å². The number of hydrogen-bond donors (Lipinski definition) is 1. The molecule has 0 aliphatic carbocycles. The molecule has 0 aliphatic rings. The monoisotopic (exact) mass is 268 g/mol. The molecule has 0 bridgehead atoms. The molecule has 19 heavy (non-hydrogen) atoms. The molecule has 1 aromatic heterocycles. The fourth-order valence-corrected chi connectivity index (χ4v) is 1.19. The highest BCUT2D eigenvalue weighted by atomic mass is 19.4. The number of nitrogens with one attached hydrogen (secondary N) is 1. The molecule has 0 saturated heterocycles. The Hall–Kier alpha value is -2.28. The van der Waals surface area contributed by atoms with E-state index in [-0.39, 0.29) is 17.9 Å². The first kappa shape index (κ1) is 14.8. The molecule has 0 saturated carbocycles. The lowest BCUT2D eigenvalue weighted by Crippen LogP contribution is -2.22. The van der Waals surface area contributed by atoms with E-state index < -0.39 is 17.3 Å². The minimum absolute atomic E-state index is 0.00161. The summed E-state index contributed by atoms with van der Waals surface area (Å²) >= 11 is 0. The smallest absolute Gasteiger partial charge is 0.367 e. The SMILES string of the molecule is CC(C)(C#N)CNc1nc(C(F)(F)F)ccc1C#N. The second kappa shape index (κ2) is 5.15. The van der Waals surface area contributed by atoms with Crippen molar-refractivity contribution in [2.45, 2.75) is 20.0 Å². The summed E-state index contributed by atoms with van der Waals surface area (Å²) in [4.78, 5) is 3.38. The molecule has 7 heteroatoms. The van der Waals surface area contributed by atoms with Gasteiger partial charge in [-0.25, -0.2) is 4.98 Å². The average Bonchev–Trinajstić information content (AvgIpc) is 2.35. The summed E-state index contributed by atoms with van der Waals surface area (Å²) in [6, 6.07) is 5.55.